The van der Waals surface area contributed by atoms with E-state index in [4.69, 9.17) is 5.11 Å². The molecule has 1 heterocycles. The SMILES string of the molecule is O=C(O)c1cc(F)cc2cnoc12. The molecule has 4 nitrogen and oxygen atoms in total. The summed E-state index contributed by atoms with van der Waals surface area (Å²) in [4.78, 5) is 10.6. The number of carboxylic acid groups (broad SMARTS) is 1. The van der Waals surface area contributed by atoms with Crippen molar-refractivity contribution < 1.29 is 18.8 Å². The molecule has 1 N–H and O–H groups in total. The van der Waals surface area contributed by atoms with E-state index in [2.05, 4.69) is 9.68 Å². The lowest BCUT2D eigenvalue weighted by Crippen LogP contribution is -1.97. The molecular formula is C8H4FNO3. The number of carbonyl (C=O) groups is 1. The summed E-state index contributed by atoms with van der Waals surface area (Å²) >= 11 is 0. The third-order valence-electron chi connectivity index (χ3n) is 1.65. The summed E-state index contributed by atoms with van der Waals surface area (Å²) in [7, 11) is 0. The molecular weight excluding hydrogens is 177 g/mol. The maximum atomic E-state index is 12.8. The van der Waals surface area contributed by atoms with Crippen LogP contribution in [0.4, 0.5) is 4.39 Å². The molecule has 0 fully saturated rings. The molecule has 0 saturated carbocycles. The number of fused-ring (bicyclic) bond motifs is 1. The van der Waals surface area contributed by atoms with Crippen molar-refractivity contribution in [3.05, 3.63) is 29.7 Å². The molecule has 0 bridgehead atoms. The van der Waals surface area contributed by atoms with Gasteiger partial charge >= 0.3 is 5.97 Å². The van der Waals surface area contributed by atoms with E-state index in [1.54, 1.807) is 0 Å². The summed E-state index contributed by atoms with van der Waals surface area (Å²) in [5.41, 5.74) is -0.124. The van der Waals surface area contributed by atoms with Gasteiger partial charge in [0.05, 0.1) is 6.20 Å². The van der Waals surface area contributed by atoms with Gasteiger partial charge in [-0.2, -0.15) is 0 Å². The normalized spacial score (nSPS) is 10.5. The van der Waals surface area contributed by atoms with Crippen LogP contribution < -0.4 is 0 Å². The van der Waals surface area contributed by atoms with Gasteiger partial charge in [0.1, 0.15) is 11.4 Å². The fourth-order valence-corrected chi connectivity index (χ4v) is 1.11. The summed E-state index contributed by atoms with van der Waals surface area (Å²) < 4.78 is 17.5. The molecule has 0 aliphatic carbocycles. The van der Waals surface area contributed by atoms with Crippen molar-refractivity contribution in [2.24, 2.45) is 0 Å². The lowest BCUT2D eigenvalue weighted by molar-refractivity contribution is 0.0697. The number of benzene rings is 1. The van der Waals surface area contributed by atoms with Gasteiger partial charge < -0.3 is 9.63 Å². The Bertz CT molecular complexity index is 477. The molecule has 0 aliphatic heterocycles. The van der Waals surface area contributed by atoms with Crippen molar-refractivity contribution in [2.45, 2.75) is 0 Å². The molecule has 0 atom stereocenters. The molecule has 0 spiro atoms. The summed E-state index contributed by atoms with van der Waals surface area (Å²) in [6, 6.07) is 2.06. The maximum absolute atomic E-state index is 12.8. The smallest absolute Gasteiger partial charge is 0.339 e. The topological polar surface area (TPSA) is 63.3 Å². The summed E-state index contributed by atoms with van der Waals surface area (Å²) in [5.74, 6) is -1.85. The quantitative estimate of drug-likeness (QED) is 0.726. The fraction of sp³-hybridized carbons (Fsp3) is 0. The largest absolute Gasteiger partial charge is 0.478 e. The number of rotatable bonds is 1. The summed E-state index contributed by atoms with van der Waals surface area (Å²) in [6.07, 6.45) is 1.27. The Hall–Kier alpha value is -1.91. The highest BCUT2D eigenvalue weighted by atomic mass is 19.1. The molecule has 2 aromatic rings. The van der Waals surface area contributed by atoms with E-state index < -0.39 is 11.8 Å². The number of aromatic nitrogens is 1. The third-order valence-corrected chi connectivity index (χ3v) is 1.65. The monoisotopic (exact) mass is 181 g/mol. The Morgan fingerprint density at radius 3 is 3.00 bits per heavy atom. The highest BCUT2D eigenvalue weighted by molar-refractivity contribution is 6.00. The van der Waals surface area contributed by atoms with Crippen LogP contribution in [0.3, 0.4) is 0 Å². The lowest BCUT2D eigenvalue weighted by atomic mass is 10.1. The van der Waals surface area contributed by atoms with Gasteiger partial charge in [-0.25, -0.2) is 9.18 Å². The highest BCUT2D eigenvalue weighted by Gasteiger charge is 2.13. The van der Waals surface area contributed by atoms with E-state index in [0.29, 0.717) is 5.39 Å². The van der Waals surface area contributed by atoms with Gasteiger partial charge in [0, 0.05) is 5.39 Å². The van der Waals surface area contributed by atoms with Gasteiger partial charge in [0.2, 0.25) is 0 Å². The first-order valence-electron chi connectivity index (χ1n) is 3.45. The average molecular weight is 181 g/mol. The van der Waals surface area contributed by atoms with Gasteiger partial charge in [0.25, 0.3) is 0 Å². The minimum atomic E-state index is -1.23. The maximum Gasteiger partial charge on any atom is 0.339 e. The van der Waals surface area contributed by atoms with Crippen LogP contribution in [0, 0.1) is 5.82 Å². The van der Waals surface area contributed by atoms with Crippen LogP contribution in [-0.4, -0.2) is 16.2 Å². The van der Waals surface area contributed by atoms with Crippen LogP contribution >= 0.6 is 0 Å². The molecule has 1 aromatic carbocycles. The Kier molecular flexibility index (Phi) is 1.51. The number of nitrogens with zero attached hydrogens (tertiary/aromatic N) is 1. The van der Waals surface area contributed by atoms with E-state index in [-0.39, 0.29) is 11.1 Å². The van der Waals surface area contributed by atoms with Crippen molar-refractivity contribution in [1.29, 1.82) is 0 Å². The molecule has 0 saturated heterocycles. The highest BCUT2D eigenvalue weighted by Crippen LogP contribution is 2.19. The second kappa shape index (κ2) is 2.55. The number of hydrogen-bond acceptors (Lipinski definition) is 3. The molecule has 66 valence electrons. The Morgan fingerprint density at radius 2 is 2.31 bits per heavy atom. The van der Waals surface area contributed by atoms with E-state index in [1.165, 1.54) is 6.20 Å². The van der Waals surface area contributed by atoms with Crippen LogP contribution in [0.15, 0.2) is 22.9 Å². The van der Waals surface area contributed by atoms with Gasteiger partial charge in [-0.3, -0.25) is 0 Å². The number of carboxylic acids is 1. The Balaban J connectivity index is 2.84. The van der Waals surface area contributed by atoms with E-state index in [0.717, 1.165) is 12.1 Å². The lowest BCUT2D eigenvalue weighted by Gasteiger charge is -1.94. The zero-order chi connectivity index (χ0) is 9.42. The van der Waals surface area contributed by atoms with E-state index in [9.17, 15) is 9.18 Å². The van der Waals surface area contributed by atoms with Crippen molar-refractivity contribution in [3.8, 4) is 0 Å². The first kappa shape index (κ1) is 7.72. The van der Waals surface area contributed by atoms with E-state index in [1.807, 2.05) is 0 Å². The number of hydrogen-bond donors (Lipinski definition) is 1. The second-order valence-corrected chi connectivity index (χ2v) is 2.50. The molecule has 0 radical (unpaired) electrons. The average Bonchev–Trinajstić information content (AvgIpc) is 2.49. The first-order valence-corrected chi connectivity index (χ1v) is 3.45. The number of halogens is 1. The zero-order valence-corrected chi connectivity index (χ0v) is 6.32. The summed E-state index contributed by atoms with van der Waals surface area (Å²) in [5, 5.41) is 12.4. The predicted octanol–water partition coefficient (Wildman–Crippen LogP) is 1.67. The molecule has 2 rings (SSSR count). The molecule has 0 amide bonds. The van der Waals surface area contributed by atoms with Crippen LogP contribution in [-0.2, 0) is 0 Å². The van der Waals surface area contributed by atoms with Crippen LogP contribution in [0.2, 0.25) is 0 Å². The van der Waals surface area contributed by atoms with Crippen molar-refractivity contribution in [3.63, 3.8) is 0 Å². The van der Waals surface area contributed by atoms with Gasteiger partial charge in [-0.1, -0.05) is 5.16 Å². The van der Waals surface area contributed by atoms with E-state index >= 15 is 0 Å². The minimum absolute atomic E-state index is 0.0916. The van der Waals surface area contributed by atoms with Crippen molar-refractivity contribution >= 4 is 16.9 Å². The first-order chi connectivity index (χ1) is 6.18. The molecule has 0 unspecified atom stereocenters. The molecule has 13 heavy (non-hydrogen) atoms. The van der Waals surface area contributed by atoms with Gasteiger partial charge in [0.15, 0.2) is 5.58 Å². The third kappa shape index (κ3) is 1.14. The van der Waals surface area contributed by atoms with Crippen LogP contribution in [0.25, 0.3) is 11.0 Å². The second-order valence-electron chi connectivity index (χ2n) is 2.50. The van der Waals surface area contributed by atoms with Gasteiger partial charge in [-0.15, -0.1) is 0 Å². The minimum Gasteiger partial charge on any atom is -0.478 e. The Labute approximate surface area is 71.6 Å². The standard InChI is InChI=1S/C8H4FNO3/c9-5-1-4-3-10-13-7(4)6(2-5)8(11)12/h1-3H,(H,11,12). The van der Waals surface area contributed by atoms with Crippen LogP contribution in [0.5, 0.6) is 0 Å². The van der Waals surface area contributed by atoms with Gasteiger partial charge in [-0.05, 0) is 12.1 Å². The summed E-state index contributed by atoms with van der Waals surface area (Å²) in [6.45, 7) is 0. The fourth-order valence-electron chi connectivity index (χ4n) is 1.11. The molecule has 1 aromatic heterocycles. The molecule has 0 aliphatic rings. The van der Waals surface area contributed by atoms with Crippen LogP contribution in [0.1, 0.15) is 10.4 Å². The van der Waals surface area contributed by atoms with Crippen molar-refractivity contribution in [1.82, 2.24) is 5.16 Å². The number of aromatic carboxylic acids is 1. The Morgan fingerprint density at radius 1 is 1.54 bits per heavy atom. The van der Waals surface area contributed by atoms with Crippen molar-refractivity contribution in [2.75, 3.05) is 0 Å². The molecule has 5 heteroatoms. The zero-order valence-electron chi connectivity index (χ0n) is 6.32. The predicted molar refractivity (Wildman–Crippen MR) is 40.9 cm³/mol.